The maximum absolute atomic E-state index is 14.0. The molecule has 2 N–H and O–H groups in total. The molecule has 40 heavy (non-hydrogen) atoms. The van der Waals surface area contributed by atoms with Gasteiger partial charge in [-0.05, 0) is 47.4 Å². The molecule has 1 atom stereocenters. The minimum atomic E-state index is -1.22. The first-order valence-electron chi connectivity index (χ1n) is 13.4. The van der Waals surface area contributed by atoms with Crippen molar-refractivity contribution in [2.75, 3.05) is 36.8 Å². The van der Waals surface area contributed by atoms with Gasteiger partial charge in [-0.2, -0.15) is 0 Å². The number of piperazine rings is 1. The lowest BCUT2D eigenvalue weighted by molar-refractivity contribution is -0.130. The van der Waals surface area contributed by atoms with Gasteiger partial charge in [0, 0.05) is 60.8 Å². The third kappa shape index (κ3) is 5.28. The average molecular weight is 580 g/mol. The fourth-order valence-corrected chi connectivity index (χ4v) is 6.00. The van der Waals surface area contributed by atoms with E-state index in [1.54, 1.807) is 41.0 Å². The van der Waals surface area contributed by atoms with Crippen molar-refractivity contribution < 1.29 is 14.4 Å². The zero-order valence-corrected chi connectivity index (χ0v) is 24.3. The van der Waals surface area contributed by atoms with E-state index in [4.69, 9.17) is 23.2 Å². The van der Waals surface area contributed by atoms with Crippen LogP contribution in [0.1, 0.15) is 53.7 Å². The number of carbonyl (C=O) groups excluding carboxylic acids is 3. The molecule has 0 aromatic heterocycles. The summed E-state index contributed by atoms with van der Waals surface area (Å²) in [6.07, 6.45) is 0.297. The maximum Gasteiger partial charge on any atom is 0.256 e. The summed E-state index contributed by atoms with van der Waals surface area (Å²) < 4.78 is 0. The third-order valence-electron chi connectivity index (χ3n) is 7.74. The highest BCUT2D eigenvalue weighted by molar-refractivity contribution is 6.31. The summed E-state index contributed by atoms with van der Waals surface area (Å²) in [5, 5.41) is 7.70. The lowest BCUT2D eigenvalue weighted by Gasteiger charge is -2.36. The number of anilines is 2. The van der Waals surface area contributed by atoms with Crippen LogP contribution in [0.5, 0.6) is 0 Å². The Morgan fingerprint density at radius 2 is 1.62 bits per heavy atom. The van der Waals surface area contributed by atoms with Crippen molar-refractivity contribution in [3.05, 3.63) is 93.0 Å². The first-order valence-corrected chi connectivity index (χ1v) is 14.2. The van der Waals surface area contributed by atoms with Crippen molar-refractivity contribution in [3.8, 4) is 0 Å². The normalized spacial score (nSPS) is 18.5. The second kappa shape index (κ2) is 11.1. The number of carbonyl (C=O) groups is 3. The van der Waals surface area contributed by atoms with Crippen molar-refractivity contribution in [2.24, 2.45) is 0 Å². The Morgan fingerprint density at radius 1 is 0.950 bits per heavy atom. The van der Waals surface area contributed by atoms with Crippen molar-refractivity contribution in [1.29, 1.82) is 0 Å². The number of benzene rings is 3. The molecule has 1 saturated heterocycles. The van der Waals surface area contributed by atoms with Gasteiger partial charge in [0.05, 0.1) is 11.3 Å². The summed E-state index contributed by atoms with van der Waals surface area (Å²) in [5.41, 5.74) is 3.05. The molecule has 0 bridgehead atoms. The molecule has 9 heteroatoms. The van der Waals surface area contributed by atoms with Crippen LogP contribution in [0.15, 0.2) is 60.7 Å². The van der Waals surface area contributed by atoms with Crippen LogP contribution in [0.3, 0.4) is 0 Å². The molecular formula is C31H32Cl2N4O3. The minimum Gasteiger partial charge on any atom is -0.366 e. The van der Waals surface area contributed by atoms with Gasteiger partial charge in [0.1, 0.15) is 5.54 Å². The number of hydrogen-bond donors (Lipinski definition) is 2. The molecule has 0 saturated carbocycles. The molecule has 2 aliphatic heterocycles. The van der Waals surface area contributed by atoms with Gasteiger partial charge in [-0.1, -0.05) is 67.4 Å². The average Bonchev–Trinajstić information content (AvgIpc) is 3.17. The smallest absolute Gasteiger partial charge is 0.256 e. The number of halogens is 2. The molecule has 0 spiro atoms. The molecule has 0 aliphatic carbocycles. The summed E-state index contributed by atoms with van der Waals surface area (Å²) in [5.74, 6) is -0.301. The molecule has 2 aliphatic rings. The molecule has 7 nitrogen and oxygen atoms in total. The van der Waals surface area contributed by atoms with E-state index in [2.05, 4.69) is 24.5 Å². The van der Waals surface area contributed by atoms with Crippen LogP contribution >= 0.6 is 23.2 Å². The van der Waals surface area contributed by atoms with E-state index in [-0.39, 0.29) is 23.6 Å². The topological polar surface area (TPSA) is 81.8 Å². The van der Waals surface area contributed by atoms with E-state index in [0.29, 0.717) is 59.6 Å². The second-order valence-electron chi connectivity index (χ2n) is 10.7. The first kappa shape index (κ1) is 28.0. The van der Waals surface area contributed by atoms with Crippen LogP contribution in [0.2, 0.25) is 10.0 Å². The molecule has 3 amide bonds. The number of rotatable bonds is 6. The standard InChI is InChI=1S/C31H32Cl2N4O3/c1-19(2)24-8-5-9-25(29(39)37-14-12-36(13-15-37)20(3)38)28(24)35-31(18-21-6-4-7-22(32)16-21)26-11-10-23(33)17-27(26)34-30(31)40/h4-11,16-17,19,35H,12-15,18H2,1-3H3,(H,34,40). The molecule has 3 aromatic carbocycles. The third-order valence-corrected chi connectivity index (χ3v) is 8.21. The van der Waals surface area contributed by atoms with Gasteiger partial charge in [-0.3, -0.25) is 14.4 Å². The highest BCUT2D eigenvalue weighted by atomic mass is 35.5. The molecule has 208 valence electrons. The quantitative estimate of drug-likeness (QED) is 0.380. The van der Waals surface area contributed by atoms with Gasteiger partial charge in [-0.25, -0.2) is 0 Å². The van der Waals surface area contributed by atoms with Crippen LogP contribution in [0, 0.1) is 0 Å². The lowest BCUT2D eigenvalue weighted by Crippen LogP contribution is -2.50. The summed E-state index contributed by atoms with van der Waals surface area (Å²) in [6.45, 7) is 7.53. The van der Waals surface area contributed by atoms with E-state index in [1.807, 2.05) is 36.4 Å². The van der Waals surface area contributed by atoms with Crippen molar-refractivity contribution >= 4 is 52.3 Å². The number of para-hydroxylation sites is 1. The Bertz CT molecular complexity index is 1480. The first-order chi connectivity index (χ1) is 19.1. The zero-order valence-electron chi connectivity index (χ0n) is 22.8. The maximum atomic E-state index is 14.0. The van der Waals surface area contributed by atoms with Gasteiger partial charge < -0.3 is 20.4 Å². The van der Waals surface area contributed by atoms with E-state index in [1.165, 1.54) is 0 Å². The molecule has 2 heterocycles. The Hall–Kier alpha value is -3.55. The Kier molecular flexibility index (Phi) is 7.80. The summed E-state index contributed by atoms with van der Waals surface area (Å²) in [4.78, 5) is 43.3. The van der Waals surface area contributed by atoms with Crippen LogP contribution in [-0.2, 0) is 21.5 Å². The highest BCUT2D eigenvalue weighted by Crippen LogP contribution is 2.44. The van der Waals surface area contributed by atoms with E-state index < -0.39 is 5.54 Å². The highest BCUT2D eigenvalue weighted by Gasteiger charge is 2.48. The molecule has 1 unspecified atom stereocenters. The lowest BCUT2D eigenvalue weighted by atomic mass is 9.83. The Labute approximate surface area is 244 Å². The van der Waals surface area contributed by atoms with Crippen LogP contribution < -0.4 is 10.6 Å². The number of nitrogens with one attached hydrogen (secondary N) is 2. The predicted molar refractivity (Wildman–Crippen MR) is 159 cm³/mol. The molecule has 5 rings (SSSR count). The molecule has 0 radical (unpaired) electrons. The number of nitrogens with zero attached hydrogens (tertiary/aromatic N) is 2. The van der Waals surface area contributed by atoms with E-state index >= 15 is 0 Å². The predicted octanol–water partition coefficient (Wildman–Crippen LogP) is 5.92. The summed E-state index contributed by atoms with van der Waals surface area (Å²) in [6, 6.07) is 18.5. The number of hydrogen-bond acceptors (Lipinski definition) is 4. The number of fused-ring (bicyclic) bond motifs is 1. The van der Waals surface area contributed by atoms with Crippen molar-refractivity contribution in [2.45, 2.75) is 38.6 Å². The Morgan fingerprint density at radius 3 is 2.30 bits per heavy atom. The number of amides is 3. The van der Waals surface area contributed by atoms with Gasteiger partial charge in [0.25, 0.3) is 11.8 Å². The zero-order chi connectivity index (χ0) is 28.6. The largest absolute Gasteiger partial charge is 0.366 e. The van der Waals surface area contributed by atoms with Crippen molar-refractivity contribution in [1.82, 2.24) is 9.80 Å². The van der Waals surface area contributed by atoms with Gasteiger partial charge >= 0.3 is 0 Å². The fraction of sp³-hybridized carbons (Fsp3) is 0.323. The van der Waals surface area contributed by atoms with Gasteiger partial charge in [0.2, 0.25) is 5.91 Å². The van der Waals surface area contributed by atoms with Gasteiger partial charge in [0.15, 0.2) is 0 Å². The van der Waals surface area contributed by atoms with E-state index in [9.17, 15) is 14.4 Å². The van der Waals surface area contributed by atoms with Crippen LogP contribution in [0.4, 0.5) is 11.4 Å². The van der Waals surface area contributed by atoms with Crippen LogP contribution in [0.25, 0.3) is 0 Å². The summed E-state index contributed by atoms with van der Waals surface area (Å²) in [7, 11) is 0. The second-order valence-corrected chi connectivity index (χ2v) is 11.6. The molecular weight excluding hydrogens is 547 g/mol. The molecule has 1 fully saturated rings. The van der Waals surface area contributed by atoms with Crippen molar-refractivity contribution in [3.63, 3.8) is 0 Å². The minimum absolute atomic E-state index is 0.00484. The van der Waals surface area contributed by atoms with E-state index in [0.717, 1.165) is 16.7 Å². The Balaban J connectivity index is 1.61. The van der Waals surface area contributed by atoms with Gasteiger partial charge in [-0.15, -0.1) is 0 Å². The van der Waals surface area contributed by atoms with Crippen LogP contribution in [-0.4, -0.2) is 53.7 Å². The fourth-order valence-electron chi connectivity index (χ4n) is 5.62. The summed E-state index contributed by atoms with van der Waals surface area (Å²) >= 11 is 12.6. The molecule has 3 aromatic rings. The SMILES string of the molecule is CC(=O)N1CCN(C(=O)c2cccc(C(C)C)c2NC2(Cc3cccc(Cl)c3)C(=O)Nc3cc(Cl)ccc32)CC1. The monoisotopic (exact) mass is 578 g/mol.